The molecule has 1 fully saturated rings. The van der Waals surface area contributed by atoms with Crippen molar-refractivity contribution in [2.75, 3.05) is 13.1 Å². The van der Waals surface area contributed by atoms with Gasteiger partial charge in [-0.25, -0.2) is 4.98 Å². The fourth-order valence-electron chi connectivity index (χ4n) is 4.56. The molecule has 6 nitrogen and oxygen atoms in total. The van der Waals surface area contributed by atoms with Crippen molar-refractivity contribution in [3.05, 3.63) is 57.9 Å². The first-order valence-corrected chi connectivity index (χ1v) is 10.5. The molecule has 0 radical (unpaired) electrons. The molecule has 1 aliphatic rings. The van der Waals surface area contributed by atoms with E-state index in [1.165, 1.54) is 0 Å². The van der Waals surface area contributed by atoms with Crippen molar-refractivity contribution < 1.29 is 9.59 Å². The topological polar surface area (TPSA) is 68.1 Å². The number of benzene rings is 1. The number of rotatable bonds is 3. The highest BCUT2D eigenvalue weighted by atomic mass is 16.2. The lowest BCUT2D eigenvalue weighted by atomic mass is 9.86. The summed E-state index contributed by atoms with van der Waals surface area (Å²) in [6.45, 7) is 9.00. The molecular weight excluding hydrogens is 376 g/mol. The third-order valence-electron chi connectivity index (χ3n) is 6.13. The summed E-state index contributed by atoms with van der Waals surface area (Å²) in [5.74, 6) is 0.165. The number of hydrogen-bond acceptors (Lipinski definition) is 4. The van der Waals surface area contributed by atoms with E-state index in [0.29, 0.717) is 31.5 Å². The zero-order chi connectivity index (χ0) is 21.6. The largest absolute Gasteiger partial charge is 0.339 e. The lowest BCUT2D eigenvalue weighted by Gasteiger charge is -2.32. The van der Waals surface area contributed by atoms with Gasteiger partial charge in [0.2, 0.25) is 0 Å². The van der Waals surface area contributed by atoms with Crippen molar-refractivity contribution in [3.63, 3.8) is 0 Å². The summed E-state index contributed by atoms with van der Waals surface area (Å²) in [4.78, 5) is 32.8. The normalized spacial score (nSPS) is 15.0. The summed E-state index contributed by atoms with van der Waals surface area (Å²) >= 11 is 0. The van der Waals surface area contributed by atoms with E-state index in [2.05, 4.69) is 16.1 Å². The van der Waals surface area contributed by atoms with Gasteiger partial charge in [-0.15, -0.1) is 0 Å². The SMILES string of the molecule is Cc1ccc(C(=O)C2CCN(C(=O)c3cc(C)nc4c3c(C)nn4C)CC2)c(C)c1. The van der Waals surface area contributed by atoms with Crippen molar-refractivity contribution in [2.45, 2.75) is 40.5 Å². The van der Waals surface area contributed by atoms with Crippen LogP contribution in [0.2, 0.25) is 0 Å². The van der Waals surface area contributed by atoms with Crippen molar-refractivity contribution in [3.8, 4) is 0 Å². The Labute approximate surface area is 176 Å². The van der Waals surface area contributed by atoms with Crippen molar-refractivity contribution in [1.82, 2.24) is 19.7 Å². The van der Waals surface area contributed by atoms with E-state index in [1.807, 2.05) is 57.8 Å². The van der Waals surface area contributed by atoms with Gasteiger partial charge in [0.05, 0.1) is 16.6 Å². The van der Waals surface area contributed by atoms with E-state index < -0.39 is 0 Å². The Morgan fingerprint density at radius 2 is 1.70 bits per heavy atom. The molecule has 1 amide bonds. The number of piperidine rings is 1. The number of aryl methyl sites for hydroxylation is 5. The average molecular weight is 405 g/mol. The molecule has 1 aliphatic heterocycles. The molecule has 6 heteroatoms. The van der Waals surface area contributed by atoms with Crippen LogP contribution in [-0.4, -0.2) is 44.4 Å². The first kappa shape index (κ1) is 20.3. The second-order valence-corrected chi connectivity index (χ2v) is 8.47. The summed E-state index contributed by atoms with van der Waals surface area (Å²) in [6, 6.07) is 7.84. The first-order chi connectivity index (χ1) is 14.3. The van der Waals surface area contributed by atoms with Crippen LogP contribution in [-0.2, 0) is 7.05 Å². The number of carbonyl (C=O) groups excluding carboxylic acids is 2. The number of pyridine rings is 1. The predicted octanol–water partition coefficient (Wildman–Crippen LogP) is 3.94. The maximum atomic E-state index is 13.3. The fraction of sp³-hybridized carbons (Fsp3) is 0.417. The van der Waals surface area contributed by atoms with E-state index >= 15 is 0 Å². The summed E-state index contributed by atoms with van der Waals surface area (Å²) in [5, 5.41) is 5.26. The zero-order valence-electron chi connectivity index (χ0n) is 18.3. The molecule has 1 saturated heterocycles. The Balaban J connectivity index is 1.53. The molecule has 0 aliphatic carbocycles. The summed E-state index contributed by atoms with van der Waals surface area (Å²) < 4.78 is 1.73. The number of carbonyl (C=O) groups is 2. The molecule has 3 aromatic rings. The molecule has 4 rings (SSSR count). The van der Waals surface area contributed by atoms with Gasteiger partial charge >= 0.3 is 0 Å². The van der Waals surface area contributed by atoms with Gasteiger partial charge in [-0.1, -0.05) is 23.8 Å². The van der Waals surface area contributed by atoms with Crippen LogP contribution in [0.15, 0.2) is 24.3 Å². The summed E-state index contributed by atoms with van der Waals surface area (Å²) in [5.41, 5.74) is 5.99. The number of amides is 1. The summed E-state index contributed by atoms with van der Waals surface area (Å²) in [7, 11) is 1.85. The monoisotopic (exact) mass is 404 g/mol. The second-order valence-electron chi connectivity index (χ2n) is 8.47. The molecule has 0 atom stereocenters. The number of nitrogens with zero attached hydrogens (tertiary/aromatic N) is 4. The molecular formula is C24H28N4O2. The lowest BCUT2D eigenvalue weighted by molar-refractivity contribution is 0.0651. The smallest absolute Gasteiger partial charge is 0.254 e. The average Bonchev–Trinajstić information content (AvgIpc) is 3.00. The maximum absolute atomic E-state index is 13.3. The van der Waals surface area contributed by atoms with Gasteiger partial charge < -0.3 is 4.90 Å². The Morgan fingerprint density at radius 3 is 2.37 bits per heavy atom. The number of ketones is 1. The standard InChI is InChI=1S/C24H28N4O2/c1-14-6-7-19(15(2)12-14)22(29)18-8-10-28(11-9-18)24(30)20-13-16(3)25-23-21(20)17(4)26-27(23)5/h6-7,12-13,18H,8-11H2,1-5H3. The number of Topliss-reactive ketones (excluding diaryl/α,β-unsaturated/α-hetero) is 1. The number of fused-ring (bicyclic) bond motifs is 1. The van der Waals surface area contributed by atoms with Crippen LogP contribution in [0.1, 0.15) is 56.1 Å². The van der Waals surface area contributed by atoms with Crippen LogP contribution in [0.3, 0.4) is 0 Å². The molecule has 0 spiro atoms. The molecule has 0 saturated carbocycles. The molecule has 2 aromatic heterocycles. The third-order valence-corrected chi connectivity index (χ3v) is 6.13. The van der Waals surface area contributed by atoms with Crippen LogP contribution in [0, 0.1) is 33.6 Å². The molecule has 1 aromatic carbocycles. The van der Waals surface area contributed by atoms with Gasteiger partial charge in [-0.05, 0) is 52.2 Å². The van der Waals surface area contributed by atoms with Gasteiger partial charge in [-0.2, -0.15) is 5.10 Å². The molecule has 0 N–H and O–H groups in total. The van der Waals surface area contributed by atoms with Gasteiger partial charge in [0.25, 0.3) is 5.91 Å². The zero-order valence-corrected chi connectivity index (χ0v) is 18.3. The highest BCUT2D eigenvalue weighted by Crippen LogP contribution is 2.27. The van der Waals surface area contributed by atoms with Gasteiger partial charge in [0.15, 0.2) is 11.4 Å². The lowest BCUT2D eigenvalue weighted by Crippen LogP contribution is -2.40. The van der Waals surface area contributed by atoms with E-state index in [4.69, 9.17) is 0 Å². The minimum atomic E-state index is -0.0326. The van der Waals surface area contributed by atoms with Gasteiger partial charge in [0.1, 0.15) is 0 Å². The van der Waals surface area contributed by atoms with E-state index in [9.17, 15) is 9.59 Å². The second kappa shape index (κ2) is 7.67. The van der Waals surface area contributed by atoms with Crippen LogP contribution in [0.5, 0.6) is 0 Å². The Bertz CT molecular complexity index is 1150. The predicted molar refractivity (Wildman–Crippen MR) is 117 cm³/mol. The Morgan fingerprint density at radius 1 is 1.00 bits per heavy atom. The third kappa shape index (κ3) is 3.51. The van der Waals surface area contributed by atoms with Crippen LogP contribution < -0.4 is 0 Å². The molecule has 3 heterocycles. The van der Waals surface area contributed by atoms with E-state index in [0.717, 1.165) is 39.1 Å². The molecule has 0 unspecified atom stereocenters. The van der Waals surface area contributed by atoms with Crippen LogP contribution in [0.4, 0.5) is 0 Å². The Hall–Kier alpha value is -3.02. The van der Waals surface area contributed by atoms with Crippen molar-refractivity contribution in [2.24, 2.45) is 13.0 Å². The Kier molecular flexibility index (Phi) is 5.18. The fourth-order valence-corrected chi connectivity index (χ4v) is 4.56. The summed E-state index contributed by atoms with van der Waals surface area (Å²) in [6.07, 6.45) is 1.38. The minimum Gasteiger partial charge on any atom is -0.339 e. The van der Waals surface area contributed by atoms with E-state index in [-0.39, 0.29) is 17.6 Å². The quantitative estimate of drug-likeness (QED) is 0.620. The minimum absolute atomic E-state index is 0.000912. The number of aromatic nitrogens is 3. The van der Waals surface area contributed by atoms with Crippen LogP contribution in [0.25, 0.3) is 11.0 Å². The number of likely N-dealkylation sites (tertiary alicyclic amines) is 1. The highest BCUT2D eigenvalue weighted by molar-refractivity contribution is 6.06. The molecule has 30 heavy (non-hydrogen) atoms. The van der Waals surface area contributed by atoms with Crippen molar-refractivity contribution in [1.29, 1.82) is 0 Å². The van der Waals surface area contributed by atoms with Crippen molar-refractivity contribution >= 4 is 22.7 Å². The maximum Gasteiger partial charge on any atom is 0.254 e. The highest BCUT2D eigenvalue weighted by Gasteiger charge is 2.30. The van der Waals surface area contributed by atoms with E-state index in [1.54, 1.807) is 4.68 Å². The van der Waals surface area contributed by atoms with Crippen LogP contribution >= 0.6 is 0 Å². The molecule has 156 valence electrons. The van der Waals surface area contributed by atoms with Gasteiger partial charge in [0, 0.05) is 37.3 Å². The van der Waals surface area contributed by atoms with Gasteiger partial charge in [-0.3, -0.25) is 14.3 Å². The number of hydrogen-bond donors (Lipinski definition) is 0. The molecule has 0 bridgehead atoms. The first-order valence-electron chi connectivity index (χ1n) is 10.5.